The van der Waals surface area contributed by atoms with Crippen molar-refractivity contribution in [1.29, 1.82) is 0 Å². The minimum Gasteiger partial charge on any atom is -0.353 e. The highest BCUT2D eigenvalue weighted by Gasteiger charge is 2.34. The van der Waals surface area contributed by atoms with Crippen LogP contribution in [0.5, 0.6) is 0 Å². The fraction of sp³-hybridized carbons (Fsp3) is 0.333. The molecule has 78 valence electrons. The third-order valence-corrected chi connectivity index (χ3v) is 2.33. The maximum absolute atomic E-state index is 12.5. The summed E-state index contributed by atoms with van der Waals surface area (Å²) in [5.74, 6) is 0. The van der Waals surface area contributed by atoms with Crippen molar-refractivity contribution in [3.8, 4) is 0 Å². The Kier molecular flexibility index (Phi) is 3.09. The smallest absolute Gasteiger partial charge is 0.353 e. The lowest BCUT2D eigenvalue weighted by molar-refractivity contribution is -0.137. The molecule has 1 aromatic heterocycles. The van der Waals surface area contributed by atoms with Gasteiger partial charge in [0, 0.05) is 24.5 Å². The first-order valence-electron chi connectivity index (χ1n) is 3.87. The molecule has 0 saturated heterocycles. The molecule has 0 bridgehead atoms. The molecule has 0 amide bonds. The zero-order valence-electron chi connectivity index (χ0n) is 7.69. The number of halogens is 4. The van der Waals surface area contributed by atoms with Gasteiger partial charge >= 0.3 is 6.18 Å². The van der Waals surface area contributed by atoms with Crippen LogP contribution in [-0.2, 0) is 13.2 Å². The van der Waals surface area contributed by atoms with Crippen molar-refractivity contribution in [2.75, 3.05) is 0 Å². The van der Waals surface area contributed by atoms with E-state index in [0.29, 0.717) is 5.69 Å². The Hall–Kier alpha value is -0.710. The summed E-state index contributed by atoms with van der Waals surface area (Å²) in [6.45, 7) is 1.65. The van der Waals surface area contributed by atoms with Crippen molar-refractivity contribution < 1.29 is 13.2 Å². The lowest BCUT2D eigenvalue weighted by atomic mass is 10.1. The average Bonchev–Trinajstić information content (AvgIpc) is 2.32. The minimum absolute atomic E-state index is 0.205. The fourth-order valence-electron chi connectivity index (χ4n) is 1.24. The lowest BCUT2D eigenvalue weighted by Gasteiger charge is -2.04. The first kappa shape index (κ1) is 11.4. The van der Waals surface area contributed by atoms with E-state index in [2.05, 4.69) is 15.9 Å². The van der Waals surface area contributed by atoms with E-state index in [1.54, 1.807) is 14.0 Å². The van der Waals surface area contributed by atoms with Gasteiger partial charge < -0.3 is 4.57 Å². The van der Waals surface area contributed by atoms with E-state index in [4.69, 9.17) is 0 Å². The maximum atomic E-state index is 12.5. The molecule has 0 aliphatic rings. The molecule has 1 rings (SSSR count). The second-order valence-electron chi connectivity index (χ2n) is 2.94. The Morgan fingerprint density at radius 1 is 1.43 bits per heavy atom. The second kappa shape index (κ2) is 3.81. The van der Waals surface area contributed by atoms with Crippen molar-refractivity contribution in [3.63, 3.8) is 0 Å². The number of aromatic nitrogens is 1. The standard InChI is InChI=1S/C9H9BrF3N/c1-6-7(3-4-10)8(5-14(6)2)9(11,12)13/h3-5H,1-2H3. The third-order valence-electron chi connectivity index (χ3n) is 2.07. The van der Waals surface area contributed by atoms with Crippen LogP contribution in [0.1, 0.15) is 16.8 Å². The quantitative estimate of drug-likeness (QED) is 0.731. The van der Waals surface area contributed by atoms with Gasteiger partial charge in [0.1, 0.15) is 0 Å². The van der Waals surface area contributed by atoms with E-state index in [-0.39, 0.29) is 5.56 Å². The van der Waals surface area contributed by atoms with E-state index < -0.39 is 11.7 Å². The van der Waals surface area contributed by atoms with Gasteiger partial charge in [-0.25, -0.2) is 0 Å². The largest absolute Gasteiger partial charge is 0.418 e. The van der Waals surface area contributed by atoms with E-state index >= 15 is 0 Å². The van der Waals surface area contributed by atoms with Gasteiger partial charge in [0.2, 0.25) is 0 Å². The Morgan fingerprint density at radius 3 is 2.43 bits per heavy atom. The first-order chi connectivity index (χ1) is 6.38. The van der Waals surface area contributed by atoms with Gasteiger partial charge in [-0.2, -0.15) is 13.2 Å². The molecule has 0 aliphatic carbocycles. The topological polar surface area (TPSA) is 4.93 Å². The number of rotatable bonds is 1. The van der Waals surface area contributed by atoms with Crippen molar-refractivity contribution in [1.82, 2.24) is 4.57 Å². The van der Waals surface area contributed by atoms with Gasteiger partial charge in [0.15, 0.2) is 0 Å². The predicted octanol–water partition coefficient (Wildman–Crippen LogP) is 3.72. The molecule has 0 atom stereocenters. The van der Waals surface area contributed by atoms with Crippen LogP contribution >= 0.6 is 15.9 Å². The van der Waals surface area contributed by atoms with Crippen LogP contribution in [0.4, 0.5) is 13.2 Å². The van der Waals surface area contributed by atoms with Crippen molar-refractivity contribution >= 4 is 22.0 Å². The molecular weight excluding hydrogens is 259 g/mol. The van der Waals surface area contributed by atoms with Crippen molar-refractivity contribution in [2.45, 2.75) is 13.1 Å². The maximum Gasteiger partial charge on any atom is 0.418 e. The predicted molar refractivity (Wildman–Crippen MR) is 53.1 cm³/mol. The van der Waals surface area contributed by atoms with E-state index in [1.807, 2.05) is 0 Å². The van der Waals surface area contributed by atoms with Crippen molar-refractivity contribution in [2.24, 2.45) is 7.05 Å². The van der Waals surface area contributed by atoms with Crippen LogP contribution in [0.3, 0.4) is 0 Å². The van der Waals surface area contributed by atoms with Gasteiger partial charge in [0.05, 0.1) is 5.56 Å². The molecule has 0 radical (unpaired) electrons. The summed E-state index contributed by atoms with van der Waals surface area (Å²) < 4.78 is 39.0. The van der Waals surface area contributed by atoms with Gasteiger partial charge in [-0.05, 0) is 18.0 Å². The zero-order valence-corrected chi connectivity index (χ0v) is 9.28. The molecule has 14 heavy (non-hydrogen) atoms. The summed E-state index contributed by atoms with van der Waals surface area (Å²) >= 11 is 2.97. The number of hydrogen-bond acceptors (Lipinski definition) is 0. The van der Waals surface area contributed by atoms with E-state index in [0.717, 1.165) is 6.20 Å². The molecule has 1 heterocycles. The highest BCUT2D eigenvalue weighted by molar-refractivity contribution is 9.11. The SMILES string of the molecule is Cc1c(C=CBr)c(C(F)(F)F)cn1C. The lowest BCUT2D eigenvalue weighted by Crippen LogP contribution is -2.05. The van der Waals surface area contributed by atoms with Gasteiger partial charge in [-0.1, -0.05) is 15.9 Å². The molecule has 0 spiro atoms. The minimum atomic E-state index is -4.30. The van der Waals surface area contributed by atoms with Crippen LogP contribution in [0, 0.1) is 6.92 Å². The molecule has 0 N–H and O–H groups in total. The molecule has 0 saturated carbocycles. The van der Waals surface area contributed by atoms with Crippen molar-refractivity contribution in [3.05, 3.63) is 28.0 Å². The number of hydrogen-bond donors (Lipinski definition) is 0. The summed E-state index contributed by atoms with van der Waals surface area (Å²) in [5.41, 5.74) is 0.193. The van der Waals surface area contributed by atoms with E-state index in [9.17, 15) is 13.2 Å². The Balaban J connectivity index is 3.37. The summed E-state index contributed by atoms with van der Waals surface area (Å²) in [6.07, 6.45) is -1.80. The molecule has 5 heteroatoms. The Bertz CT molecular complexity index is 363. The monoisotopic (exact) mass is 267 g/mol. The van der Waals surface area contributed by atoms with Gasteiger partial charge in [-0.15, -0.1) is 0 Å². The number of aryl methyl sites for hydroxylation is 1. The van der Waals surface area contributed by atoms with Crippen LogP contribution < -0.4 is 0 Å². The molecule has 0 unspecified atom stereocenters. The molecule has 1 aromatic rings. The molecular formula is C9H9BrF3N. The first-order valence-corrected chi connectivity index (χ1v) is 4.79. The van der Waals surface area contributed by atoms with Gasteiger partial charge in [-0.3, -0.25) is 0 Å². The van der Waals surface area contributed by atoms with Crippen LogP contribution in [-0.4, -0.2) is 4.57 Å². The second-order valence-corrected chi connectivity index (χ2v) is 3.47. The molecule has 0 fully saturated rings. The third kappa shape index (κ3) is 2.03. The van der Waals surface area contributed by atoms with Crippen LogP contribution in [0.2, 0.25) is 0 Å². The highest BCUT2D eigenvalue weighted by Crippen LogP contribution is 2.34. The molecule has 0 aliphatic heterocycles. The van der Waals surface area contributed by atoms with Crippen LogP contribution in [0.15, 0.2) is 11.2 Å². The normalized spacial score (nSPS) is 12.7. The summed E-state index contributed by atoms with van der Waals surface area (Å²) in [4.78, 5) is 1.42. The molecule has 0 aromatic carbocycles. The number of nitrogens with zero attached hydrogens (tertiary/aromatic N) is 1. The fourth-order valence-corrected chi connectivity index (χ4v) is 1.51. The molecule has 1 nitrogen and oxygen atoms in total. The van der Waals surface area contributed by atoms with Crippen LogP contribution in [0.25, 0.3) is 6.08 Å². The van der Waals surface area contributed by atoms with E-state index in [1.165, 1.54) is 15.6 Å². The highest BCUT2D eigenvalue weighted by atomic mass is 79.9. The van der Waals surface area contributed by atoms with Gasteiger partial charge in [0.25, 0.3) is 0 Å². The number of alkyl halides is 3. The Labute approximate surface area is 88.3 Å². The Morgan fingerprint density at radius 2 is 2.00 bits per heavy atom. The average molecular weight is 268 g/mol. The summed E-state index contributed by atoms with van der Waals surface area (Å²) in [6, 6.07) is 0. The zero-order chi connectivity index (χ0) is 10.9. The summed E-state index contributed by atoms with van der Waals surface area (Å²) in [7, 11) is 1.59. The summed E-state index contributed by atoms with van der Waals surface area (Å²) in [5, 5.41) is 0.